The number of carboxylic acid groups (broad SMARTS) is 1. The molecule has 2 atom stereocenters. The van der Waals surface area contributed by atoms with Crippen molar-refractivity contribution in [3.63, 3.8) is 0 Å². The Bertz CT molecular complexity index is 759. The van der Waals surface area contributed by atoms with Gasteiger partial charge in [-0.25, -0.2) is 0 Å². The molecular weight excluding hydrogens is 352 g/mol. The van der Waals surface area contributed by atoms with E-state index < -0.39 is 17.5 Å². The van der Waals surface area contributed by atoms with Crippen LogP contribution in [-0.2, 0) is 9.59 Å². The molecule has 3 heterocycles. The maximum absolute atomic E-state index is 13.0. The van der Waals surface area contributed by atoms with Gasteiger partial charge in [0.1, 0.15) is 5.60 Å². The number of aliphatic carboxylic acids is 1. The number of amides is 1. The molecule has 0 spiro atoms. The van der Waals surface area contributed by atoms with Crippen molar-refractivity contribution < 1.29 is 29.3 Å². The van der Waals surface area contributed by atoms with E-state index in [-0.39, 0.29) is 31.7 Å². The average molecular weight is 376 g/mol. The third-order valence-corrected chi connectivity index (χ3v) is 5.96. The van der Waals surface area contributed by atoms with Crippen molar-refractivity contribution in [2.24, 2.45) is 5.92 Å². The van der Waals surface area contributed by atoms with Crippen LogP contribution in [0, 0.1) is 5.92 Å². The van der Waals surface area contributed by atoms with E-state index in [1.165, 1.54) is 4.90 Å². The SMILES string of the molecule is CN1CCC(O)(C(=O)N2C[C@@H](C(=O)O)[C@H](c3ccc4c(c3)OCO4)C2)CC1. The second-order valence-electron chi connectivity index (χ2n) is 7.71. The van der Waals surface area contributed by atoms with Gasteiger partial charge in [-0.05, 0) is 37.6 Å². The van der Waals surface area contributed by atoms with Gasteiger partial charge >= 0.3 is 5.97 Å². The van der Waals surface area contributed by atoms with E-state index >= 15 is 0 Å². The number of carboxylic acids is 1. The van der Waals surface area contributed by atoms with E-state index in [9.17, 15) is 19.8 Å². The molecule has 0 unspecified atom stereocenters. The standard InChI is InChI=1S/C19H24N2O6/c1-20-6-4-19(25,5-7-20)18(24)21-9-13(14(10-21)17(22)23)12-2-3-15-16(8-12)27-11-26-15/h2-3,8,13-14,25H,4-7,9-11H2,1H3,(H,22,23)/t13-,14+/m0/s1. The van der Waals surface area contributed by atoms with Crippen LogP contribution >= 0.6 is 0 Å². The second kappa shape index (κ2) is 6.69. The Hall–Kier alpha value is -2.32. The number of likely N-dealkylation sites (tertiary alicyclic amines) is 2. The fourth-order valence-electron chi connectivity index (χ4n) is 4.20. The van der Waals surface area contributed by atoms with Crippen LogP contribution in [0.15, 0.2) is 18.2 Å². The number of piperidine rings is 1. The molecular formula is C19H24N2O6. The monoisotopic (exact) mass is 376 g/mol. The van der Waals surface area contributed by atoms with Crippen molar-refractivity contribution in [3.8, 4) is 11.5 Å². The highest BCUT2D eigenvalue weighted by Crippen LogP contribution is 2.40. The van der Waals surface area contributed by atoms with Gasteiger partial charge in [-0.2, -0.15) is 0 Å². The summed E-state index contributed by atoms with van der Waals surface area (Å²) in [6, 6.07) is 5.39. The number of benzene rings is 1. The minimum atomic E-state index is -1.40. The number of hydrogen-bond donors (Lipinski definition) is 2. The van der Waals surface area contributed by atoms with Crippen LogP contribution in [0.25, 0.3) is 0 Å². The molecule has 1 amide bonds. The highest BCUT2D eigenvalue weighted by atomic mass is 16.7. The van der Waals surface area contributed by atoms with Gasteiger partial charge in [0.25, 0.3) is 5.91 Å². The molecule has 27 heavy (non-hydrogen) atoms. The molecule has 2 saturated heterocycles. The van der Waals surface area contributed by atoms with Crippen LogP contribution in [0.5, 0.6) is 11.5 Å². The van der Waals surface area contributed by atoms with Crippen molar-refractivity contribution in [1.29, 1.82) is 0 Å². The van der Waals surface area contributed by atoms with Gasteiger partial charge in [0.2, 0.25) is 6.79 Å². The summed E-state index contributed by atoms with van der Waals surface area (Å²) in [6.45, 7) is 1.81. The van der Waals surface area contributed by atoms with E-state index in [4.69, 9.17) is 9.47 Å². The molecule has 0 aliphatic carbocycles. The summed E-state index contributed by atoms with van der Waals surface area (Å²) < 4.78 is 10.7. The van der Waals surface area contributed by atoms with Gasteiger partial charge in [0, 0.05) is 32.1 Å². The highest BCUT2D eigenvalue weighted by Gasteiger charge is 2.47. The van der Waals surface area contributed by atoms with Gasteiger partial charge in [-0.15, -0.1) is 0 Å². The molecule has 2 N–H and O–H groups in total. The van der Waals surface area contributed by atoms with Crippen LogP contribution in [0.2, 0.25) is 0 Å². The number of nitrogens with zero attached hydrogens (tertiary/aromatic N) is 2. The molecule has 0 radical (unpaired) electrons. The minimum Gasteiger partial charge on any atom is -0.481 e. The Morgan fingerprint density at radius 2 is 1.85 bits per heavy atom. The number of carbonyl (C=O) groups excluding carboxylic acids is 1. The van der Waals surface area contributed by atoms with E-state index in [1.807, 2.05) is 13.1 Å². The summed E-state index contributed by atoms with van der Waals surface area (Å²) in [7, 11) is 1.95. The highest BCUT2D eigenvalue weighted by molar-refractivity contribution is 5.86. The molecule has 1 aromatic rings. The third-order valence-electron chi connectivity index (χ3n) is 5.96. The number of aliphatic hydroxyl groups is 1. The number of fused-ring (bicyclic) bond motifs is 1. The number of ether oxygens (including phenoxy) is 2. The summed E-state index contributed by atoms with van der Waals surface area (Å²) in [5.74, 6) is -1.14. The van der Waals surface area contributed by atoms with Crippen LogP contribution in [0.3, 0.4) is 0 Å². The first-order valence-electron chi connectivity index (χ1n) is 9.20. The van der Waals surface area contributed by atoms with Gasteiger partial charge < -0.3 is 29.5 Å². The number of hydrogen-bond acceptors (Lipinski definition) is 6. The Morgan fingerprint density at radius 3 is 2.56 bits per heavy atom. The summed E-state index contributed by atoms with van der Waals surface area (Å²) in [6.07, 6.45) is 0.733. The summed E-state index contributed by atoms with van der Waals surface area (Å²) in [4.78, 5) is 28.4. The molecule has 4 rings (SSSR count). The van der Waals surface area contributed by atoms with Gasteiger partial charge in [-0.3, -0.25) is 9.59 Å². The maximum Gasteiger partial charge on any atom is 0.308 e. The van der Waals surface area contributed by atoms with E-state index in [1.54, 1.807) is 12.1 Å². The Kier molecular flexibility index (Phi) is 4.47. The van der Waals surface area contributed by atoms with Crippen molar-refractivity contribution in [1.82, 2.24) is 9.80 Å². The summed E-state index contributed by atoms with van der Waals surface area (Å²) in [5.41, 5.74) is -0.600. The zero-order valence-electron chi connectivity index (χ0n) is 15.3. The molecule has 2 fully saturated rings. The molecule has 0 aromatic heterocycles. The summed E-state index contributed by atoms with van der Waals surface area (Å²) >= 11 is 0. The topological polar surface area (TPSA) is 99.5 Å². The van der Waals surface area contributed by atoms with Crippen LogP contribution in [0.4, 0.5) is 0 Å². The molecule has 0 saturated carbocycles. The van der Waals surface area contributed by atoms with Gasteiger partial charge in [-0.1, -0.05) is 6.07 Å². The molecule has 8 nitrogen and oxygen atoms in total. The fraction of sp³-hybridized carbons (Fsp3) is 0.579. The van der Waals surface area contributed by atoms with Gasteiger partial charge in [0.15, 0.2) is 11.5 Å². The van der Waals surface area contributed by atoms with Crippen LogP contribution < -0.4 is 9.47 Å². The first-order valence-corrected chi connectivity index (χ1v) is 9.20. The molecule has 8 heteroatoms. The molecule has 0 bridgehead atoms. The maximum atomic E-state index is 13.0. The lowest BCUT2D eigenvalue weighted by Gasteiger charge is -2.37. The predicted octanol–water partition coefficient (Wildman–Crippen LogP) is 0.499. The normalized spacial score (nSPS) is 27.0. The summed E-state index contributed by atoms with van der Waals surface area (Å²) in [5, 5.41) is 20.5. The minimum absolute atomic E-state index is 0.103. The third kappa shape index (κ3) is 3.23. The van der Waals surface area contributed by atoms with Gasteiger partial charge in [0.05, 0.1) is 5.92 Å². The lowest BCUT2D eigenvalue weighted by atomic mass is 9.89. The van der Waals surface area contributed by atoms with Crippen molar-refractivity contribution in [3.05, 3.63) is 23.8 Å². The lowest BCUT2D eigenvalue weighted by Crippen LogP contribution is -2.54. The second-order valence-corrected chi connectivity index (χ2v) is 7.71. The average Bonchev–Trinajstić information content (AvgIpc) is 3.29. The smallest absolute Gasteiger partial charge is 0.308 e. The Morgan fingerprint density at radius 1 is 1.15 bits per heavy atom. The quantitative estimate of drug-likeness (QED) is 0.792. The Labute approximate surface area is 157 Å². The first-order chi connectivity index (χ1) is 12.9. The fourth-order valence-corrected chi connectivity index (χ4v) is 4.20. The zero-order chi connectivity index (χ0) is 19.2. The molecule has 3 aliphatic rings. The largest absolute Gasteiger partial charge is 0.481 e. The Balaban J connectivity index is 1.55. The van der Waals surface area contributed by atoms with Crippen molar-refractivity contribution >= 4 is 11.9 Å². The predicted molar refractivity (Wildman–Crippen MR) is 94.7 cm³/mol. The van der Waals surface area contributed by atoms with E-state index in [2.05, 4.69) is 4.90 Å². The molecule has 1 aromatic carbocycles. The number of carbonyl (C=O) groups is 2. The van der Waals surface area contributed by atoms with Crippen molar-refractivity contribution in [2.75, 3.05) is 40.0 Å². The lowest BCUT2D eigenvalue weighted by molar-refractivity contribution is -0.155. The molecule has 146 valence electrons. The molecule has 3 aliphatic heterocycles. The number of rotatable bonds is 3. The van der Waals surface area contributed by atoms with E-state index in [0.717, 1.165) is 5.56 Å². The van der Waals surface area contributed by atoms with Crippen molar-refractivity contribution in [2.45, 2.75) is 24.4 Å². The van der Waals surface area contributed by atoms with E-state index in [0.29, 0.717) is 37.4 Å². The zero-order valence-corrected chi connectivity index (χ0v) is 15.3. The van der Waals surface area contributed by atoms with Crippen LogP contribution in [-0.4, -0.2) is 77.5 Å². The van der Waals surface area contributed by atoms with Crippen LogP contribution in [0.1, 0.15) is 24.3 Å². The first kappa shape index (κ1) is 18.1.